The molecule has 0 aliphatic rings. The third-order valence-electron chi connectivity index (χ3n) is 4.42. The lowest BCUT2D eigenvalue weighted by Crippen LogP contribution is -2.15. The molecule has 0 bridgehead atoms. The fourth-order valence-electron chi connectivity index (χ4n) is 2.80. The molecular weight excluding hydrogens is 393 g/mol. The van der Waals surface area contributed by atoms with E-state index in [-0.39, 0.29) is 5.91 Å². The number of nitrogens with zero attached hydrogens (tertiary/aromatic N) is 2. The molecule has 28 heavy (non-hydrogen) atoms. The van der Waals surface area contributed by atoms with Gasteiger partial charge in [-0.2, -0.15) is 0 Å². The molecule has 1 aromatic heterocycles. The van der Waals surface area contributed by atoms with Gasteiger partial charge < -0.3 is 10.2 Å². The van der Waals surface area contributed by atoms with Gasteiger partial charge in [0.15, 0.2) is 5.82 Å². The van der Waals surface area contributed by atoms with Gasteiger partial charge in [0.05, 0.1) is 5.02 Å². The molecule has 0 aliphatic heterocycles. The maximum atomic E-state index is 12.7. The van der Waals surface area contributed by atoms with Crippen LogP contribution in [0.4, 0.5) is 17.2 Å². The van der Waals surface area contributed by atoms with Crippen molar-refractivity contribution in [3.63, 3.8) is 0 Å². The van der Waals surface area contributed by atoms with Crippen LogP contribution in [0, 0.1) is 0 Å². The number of benzene rings is 2. The van der Waals surface area contributed by atoms with Gasteiger partial charge in [-0.3, -0.25) is 4.79 Å². The third-order valence-corrected chi connectivity index (χ3v) is 4.94. The lowest BCUT2D eigenvalue weighted by molar-refractivity contribution is 0.102. The number of nitrogens with one attached hydrogen (secondary N) is 1. The first-order chi connectivity index (χ1) is 13.3. The molecule has 0 saturated carbocycles. The summed E-state index contributed by atoms with van der Waals surface area (Å²) in [6.07, 6.45) is 1.66. The number of hydrogen-bond donors (Lipinski definition) is 1. The molecule has 0 radical (unpaired) electrons. The molecule has 0 saturated heterocycles. The van der Waals surface area contributed by atoms with Crippen LogP contribution in [-0.2, 0) is 0 Å². The highest BCUT2D eigenvalue weighted by Gasteiger charge is 2.14. The van der Waals surface area contributed by atoms with E-state index < -0.39 is 0 Å². The van der Waals surface area contributed by atoms with Crippen molar-refractivity contribution in [2.24, 2.45) is 0 Å². The van der Waals surface area contributed by atoms with Crippen LogP contribution < -0.4 is 10.2 Å². The maximum absolute atomic E-state index is 12.7. The summed E-state index contributed by atoms with van der Waals surface area (Å²) in [7, 11) is 1.83. The minimum atomic E-state index is -0.235. The molecule has 0 fully saturated rings. The van der Waals surface area contributed by atoms with Gasteiger partial charge >= 0.3 is 0 Å². The number of rotatable bonds is 5. The molecule has 3 rings (SSSR count). The molecule has 6 heteroatoms. The first-order valence-corrected chi connectivity index (χ1v) is 9.67. The zero-order valence-corrected chi connectivity index (χ0v) is 17.4. The molecule has 1 N–H and O–H groups in total. The van der Waals surface area contributed by atoms with Crippen LogP contribution in [0.1, 0.15) is 35.7 Å². The number of hydrogen-bond acceptors (Lipinski definition) is 3. The Labute approximate surface area is 175 Å². The summed E-state index contributed by atoms with van der Waals surface area (Å²) < 4.78 is 0. The molecule has 2 aromatic carbocycles. The summed E-state index contributed by atoms with van der Waals surface area (Å²) >= 11 is 12.5. The molecule has 0 atom stereocenters. The van der Waals surface area contributed by atoms with E-state index in [0.29, 0.717) is 33.0 Å². The number of carbonyl (C=O) groups is 1. The summed E-state index contributed by atoms with van der Waals surface area (Å²) in [5.41, 5.74) is 3.12. The van der Waals surface area contributed by atoms with Gasteiger partial charge in [-0.15, -0.1) is 0 Å². The first-order valence-electron chi connectivity index (χ1n) is 8.91. The SMILES string of the molecule is CC(C)c1ccc(NC(=O)c2cc(Cl)cc(N(C)c3ncccc3Cl)c2)cc1. The average Bonchev–Trinajstić information content (AvgIpc) is 2.67. The van der Waals surface area contributed by atoms with E-state index in [1.807, 2.05) is 31.3 Å². The standard InChI is InChI=1S/C22H21Cl2N3O/c1-14(2)15-6-8-18(9-7-15)26-22(28)16-11-17(23)13-19(12-16)27(3)21-20(24)5-4-10-25-21/h4-14H,1-3H3,(H,26,28). The van der Waals surface area contributed by atoms with Gasteiger partial charge in [0.2, 0.25) is 0 Å². The number of pyridine rings is 1. The van der Waals surface area contributed by atoms with Crippen LogP contribution in [0.15, 0.2) is 60.8 Å². The molecule has 3 aromatic rings. The lowest BCUT2D eigenvalue weighted by atomic mass is 10.0. The fourth-order valence-corrected chi connectivity index (χ4v) is 3.28. The van der Waals surface area contributed by atoms with Gasteiger partial charge in [-0.1, -0.05) is 49.2 Å². The van der Waals surface area contributed by atoms with Crippen molar-refractivity contribution in [2.45, 2.75) is 19.8 Å². The summed E-state index contributed by atoms with van der Waals surface area (Å²) in [6.45, 7) is 4.26. The number of aromatic nitrogens is 1. The molecule has 144 valence electrons. The van der Waals surface area contributed by atoms with Crippen molar-refractivity contribution in [3.05, 3.63) is 82.0 Å². The zero-order chi connectivity index (χ0) is 20.3. The Kier molecular flexibility index (Phi) is 6.22. The Bertz CT molecular complexity index is 987. The van der Waals surface area contributed by atoms with Crippen LogP contribution in [-0.4, -0.2) is 17.9 Å². The second-order valence-corrected chi connectivity index (χ2v) is 7.64. The molecular formula is C22H21Cl2N3O. The van der Waals surface area contributed by atoms with E-state index in [9.17, 15) is 4.79 Å². The summed E-state index contributed by atoms with van der Waals surface area (Å²) in [4.78, 5) is 18.8. The average molecular weight is 414 g/mol. The smallest absolute Gasteiger partial charge is 0.255 e. The summed E-state index contributed by atoms with van der Waals surface area (Å²) in [5.74, 6) is 0.790. The highest BCUT2D eigenvalue weighted by atomic mass is 35.5. The van der Waals surface area contributed by atoms with E-state index in [4.69, 9.17) is 23.2 Å². The predicted molar refractivity (Wildman–Crippen MR) is 117 cm³/mol. The van der Waals surface area contributed by atoms with Crippen LogP contribution >= 0.6 is 23.2 Å². The minimum absolute atomic E-state index is 0.235. The Hall–Kier alpha value is -2.56. The van der Waals surface area contributed by atoms with Crippen LogP contribution in [0.25, 0.3) is 0 Å². The van der Waals surface area contributed by atoms with E-state index in [2.05, 4.69) is 24.1 Å². The molecule has 4 nitrogen and oxygen atoms in total. The zero-order valence-electron chi connectivity index (χ0n) is 15.9. The van der Waals surface area contributed by atoms with Gasteiger partial charge in [0.1, 0.15) is 0 Å². The molecule has 0 unspecified atom stereocenters. The van der Waals surface area contributed by atoms with Crippen molar-refractivity contribution in [2.75, 3.05) is 17.3 Å². The first kappa shape index (κ1) is 20.2. The van der Waals surface area contributed by atoms with E-state index in [1.165, 1.54) is 5.56 Å². The van der Waals surface area contributed by atoms with Crippen molar-refractivity contribution >= 4 is 46.3 Å². The molecule has 0 aliphatic carbocycles. The number of anilines is 3. The van der Waals surface area contributed by atoms with E-state index in [1.54, 1.807) is 41.4 Å². The Balaban J connectivity index is 1.84. The van der Waals surface area contributed by atoms with Crippen molar-refractivity contribution in [3.8, 4) is 0 Å². The third kappa shape index (κ3) is 4.64. The molecule has 1 heterocycles. The minimum Gasteiger partial charge on any atom is -0.328 e. The number of amides is 1. The number of carbonyl (C=O) groups excluding carboxylic acids is 1. The quantitative estimate of drug-likeness (QED) is 0.516. The number of halogens is 2. The molecule has 1 amide bonds. The Morgan fingerprint density at radius 2 is 1.79 bits per heavy atom. The highest BCUT2D eigenvalue weighted by molar-refractivity contribution is 6.33. The highest BCUT2D eigenvalue weighted by Crippen LogP contribution is 2.31. The second-order valence-electron chi connectivity index (χ2n) is 6.80. The normalized spacial score (nSPS) is 10.8. The van der Waals surface area contributed by atoms with Gasteiger partial charge in [-0.05, 0) is 53.9 Å². The largest absolute Gasteiger partial charge is 0.328 e. The Morgan fingerprint density at radius 3 is 2.43 bits per heavy atom. The van der Waals surface area contributed by atoms with E-state index >= 15 is 0 Å². The summed E-state index contributed by atoms with van der Waals surface area (Å²) in [6, 6.07) is 16.5. The Morgan fingerprint density at radius 1 is 1.07 bits per heavy atom. The predicted octanol–water partition coefficient (Wildman–Crippen LogP) is 6.53. The second kappa shape index (κ2) is 8.63. The van der Waals surface area contributed by atoms with Crippen LogP contribution in [0.3, 0.4) is 0 Å². The van der Waals surface area contributed by atoms with Crippen LogP contribution in [0.5, 0.6) is 0 Å². The topological polar surface area (TPSA) is 45.2 Å². The lowest BCUT2D eigenvalue weighted by Gasteiger charge is -2.20. The maximum Gasteiger partial charge on any atom is 0.255 e. The van der Waals surface area contributed by atoms with Gasteiger partial charge in [-0.25, -0.2) is 4.98 Å². The van der Waals surface area contributed by atoms with Crippen LogP contribution in [0.2, 0.25) is 10.0 Å². The van der Waals surface area contributed by atoms with Gasteiger partial charge in [0, 0.05) is 35.2 Å². The monoisotopic (exact) mass is 413 g/mol. The van der Waals surface area contributed by atoms with Crippen molar-refractivity contribution in [1.82, 2.24) is 4.98 Å². The van der Waals surface area contributed by atoms with Gasteiger partial charge in [0.25, 0.3) is 5.91 Å². The fraction of sp³-hybridized carbons (Fsp3) is 0.182. The molecule has 0 spiro atoms. The van der Waals surface area contributed by atoms with E-state index in [0.717, 1.165) is 5.69 Å². The van der Waals surface area contributed by atoms with Crippen molar-refractivity contribution < 1.29 is 4.79 Å². The van der Waals surface area contributed by atoms with Crippen molar-refractivity contribution in [1.29, 1.82) is 0 Å². The summed E-state index contributed by atoms with van der Waals surface area (Å²) in [5, 5.41) is 3.88.